The van der Waals surface area contributed by atoms with Crippen molar-refractivity contribution in [2.45, 2.75) is 25.1 Å². The van der Waals surface area contributed by atoms with Gasteiger partial charge in [0.15, 0.2) is 0 Å². The smallest absolute Gasteiger partial charge is 0.275 e. The summed E-state index contributed by atoms with van der Waals surface area (Å²) in [6, 6.07) is 4.69. The van der Waals surface area contributed by atoms with Gasteiger partial charge in [0.25, 0.3) is 0 Å². The van der Waals surface area contributed by atoms with Gasteiger partial charge in [-0.05, 0) is 30.5 Å². The second kappa shape index (κ2) is 5.43. The maximum atomic E-state index is 12.3. The first-order chi connectivity index (χ1) is 7.39. The predicted octanol–water partition coefficient (Wildman–Crippen LogP) is 3.80. The van der Waals surface area contributed by atoms with Gasteiger partial charge in [-0.15, -0.1) is 0 Å². The van der Waals surface area contributed by atoms with Crippen molar-refractivity contribution < 1.29 is 21.4 Å². The Morgan fingerprint density at radius 2 is 1.81 bits per heavy atom. The zero-order chi connectivity index (χ0) is 12.2. The Kier molecular flexibility index (Phi) is 4.46. The van der Waals surface area contributed by atoms with Crippen LogP contribution in [0.4, 0.5) is 21.4 Å². The molecule has 0 amide bonds. The first-order valence-electron chi connectivity index (χ1n) is 4.84. The first kappa shape index (κ1) is 13.2. The molecule has 0 unspecified atom stereocenters. The molecule has 90 valence electrons. The second-order valence-corrected chi connectivity index (χ2v) is 4.84. The zero-order valence-electron chi connectivity index (χ0n) is 8.40. The topological polar surface area (TPSA) is 0 Å². The molecule has 0 aromatic heterocycles. The largest absolute Gasteiger partial charge is 0.416 e. The Morgan fingerprint density at radius 3 is 2.38 bits per heavy atom. The van der Waals surface area contributed by atoms with Gasteiger partial charge in [-0.25, -0.2) is 0 Å². The molecule has 16 heavy (non-hydrogen) atoms. The Bertz CT molecular complexity index is 334. The van der Waals surface area contributed by atoms with Crippen LogP contribution in [0, 0.1) is 0 Å². The van der Waals surface area contributed by atoms with E-state index >= 15 is 0 Å². The second-order valence-electron chi connectivity index (χ2n) is 3.48. The summed E-state index contributed by atoms with van der Waals surface area (Å²) >= 11 is 0. The lowest BCUT2D eigenvalue weighted by atomic mass is 10.1. The van der Waals surface area contributed by atoms with Crippen LogP contribution in [-0.2, 0) is 12.6 Å². The van der Waals surface area contributed by atoms with E-state index in [1.807, 2.05) is 0 Å². The quantitative estimate of drug-likeness (QED) is 0.435. The zero-order valence-corrected chi connectivity index (χ0v) is 9.55. The summed E-state index contributed by atoms with van der Waals surface area (Å²) in [6.45, 7) is 0. The molecule has 0 nitrogen and oxygen atoms in total. The lowest BCUT2D eigenvalue weighted by Gasteiger charge is -2.08. The Hall–Kier alpha value is -0.913. The molecule has 0 saturated carbocycles. The average molecular weight is 254 g/mol. The summed E-state index contributed by atoms with van der Waals surface area (Å²) in [5, 5.41) is 0. The summed E-state index contributed by atoms with van der Waals surface area (Å²) in [6.07, 6.45) is -3.83. The SMILES string of the molecule is F[SiH](F)CCCc1cccc(C(F)(F)F)c1. The van der Waals surface area contributed by atoms with E-state index in [1.54, 1.807) is 0 Å². The fraction of sp³-hybridized carbons (Fsp3) is 0.400. The third-order valence-corrected chi connectivity index (χ3v) is 2.99. The maximum Gasteiger partial charge on any atom is 0.416 e. The number of hydrogen-bond donors (Lipinski definition) is 0. The minimum Gasteiger partial charge on any atom is -0.275 e. The van der Waals surface area contributed by atoms with Crippen LogP contribution < -0.4 is 0 Å². The van der Waals surface area contributed by atoms with E-state index in [0.29, 0.717) is 5.56 Å². The molecule has 0 bridgehead atoms. The fourth-order valence-corrected chi connectivity index (χ4v) is 1.88. The lowest BCUT2D eigenvalue weighted by molar-refractivity contribution is -0.137. The van der Waals surface area contributed by atoms with Gasteiger partial charge in [0.1, 0.15) is 0 Å². The lowest BCUT2D eigenvalue weighted by Crippen LogP contribution is -2.05. The standard InChI is InChI=1S/C10H11F5Si/c11-10(12,13)9-5-1-3-8(7-9)4-2-6-16(14)15/h1,3,5,7,16H,2,4,6H2. The minimum absolute atomic E-state index is 0.143. The molecule has 0 heterocycles. The van der Waals surface area contributed by atoms with Crippen LogP contribution in [-0.4, -0.2) is 9.46 Å². The van der Waals surface area contributed by atoms with E-state index in [2.05, 4.69) is 0 Å². The van der Waals surface area contributed by atoms with Crippen LogP contribution in [0.3, 0.4) is 0 Å². The fourth-order valence-electron chi connectivity index (χ4n) is 1.36. The van der Waals surface area contributed by atoms with Crippen molar-refractivity contribution in [3.05, 3.63) is 35.4 Å². The molecule has 0 saturated heterocycles. The molecule has 0 aliphatic rings. The third kappa shape index (κ3) is 4.30. The van der Waals surface area contributed by atoms with Gasteiger partial charge in [0, 0.05) is 0 Å². The van der Waals surface area contributed by atoms with Crippen LogP contribution in [0.2, 0.25) is 6.04 Å². The number of halogens is 5. The average Bonchev–Trinajstić information content (AvgIpc) is 2.16. The molecule has 0 spiro atoms. The highest BCUT2D eigenvalue weighted by Gasteiger charge is 2.30. The van der Waals surface area contributed by atoms with Crippen LogP contribution in [0.25, 0.3) is 0 Å². The van der Waals surface area contributed by atoms with Gasteiger partial charge in [-0.3, -0.25) is 8.22 Å². The van der Waals surface area contributed by atoms with Crippen molar-refractivity contribution in [2.24, 2.45) is 0 Å². The Balaban J connectivity index is 2.61. The van der Waals surface area contributed by atoms with Gasteiger partial charge in [0.05, 0.1) is 5.56 Å². The first-order valence-corrected chi connectivity index (χ1v) is 6.53. The molecule has 0 fully saturated rings. The van der Waals surface area contributed by atoms with Crippen molar-refractivity contribution in [3.8, 4) is 0 Å². The molecule has 1 aromatic rings. The van der Waals surface area contributed by atoms with Crippen molar-refractivity contribution in [1.29, 1.82) is 0 Å². The van der Waals surface area contributed by atoms with Crippen molar-refractivity contribution in [2.75, 3.05) is 0 Å². The molecule has 6 heteroatoms. The minimum atomic E-state index is -4.37. The van der Waals surface area contributed by atoms with E-state index in [4.69, 9.17) is 0 Å². The van der Waals surface area contributed by atoms with E-state index in [0.717, 1.165) is 12.1 Å². The van der Waals surface area contributed by atoms with E-state index in [9.17, 15) is 21.4 Å². The number of rotatable bonds is 4. The van der Waals surface area contributed by atoms with E-state index in [1.165, 1.54) is 12.1 Å². The summed E-state index contributed by atoms with van der Waals surface area (Å²) in [5.41, 5.74) is -0.260. The van der Waals surface area contributed by atoms with E-state index in [-0.39, 0.29) is 18.9 Å². The number of hydrogen-bond acceptors (Lipinski definition) is 0. The number of aryl methyl sites for hydroxylation is 1. The summed E-state index contributed by atoms with van der Waals surface area (Å²) < 4.78 is 60.8. The highest BCUT2D eigenvalue weighted by Crippen LogP contribution is 2.29. The van der Waals surface area contributed by atoms with Crippen molar-refractivity contribution >= 4 is 9.46 Å². The highest BCUT2D eigenvalue weighted by molar-refractivity contribution is 6.42. The molecule has 1 rings (SSSR count). The highest BCUT2D eigenvalue weighted by atomic mass is 28.4. The van der Waals surface area contributed by atoms with Gasteiger partial charge in [-0.2, -0.15) is 13.2 Å². The van der Waals surface area contributed by atoms with Crippen molar-refractivity contribution in [3.63, 3.8) is 0 Å². The van der Waals surface area contributed by atoms with Gasteiger partial charge in [0.2, 0.25) is 0 Å². The van der Waals surface area contributed by atoms with Crippen LogP contribution in [0.1, 0.15) is 17.5 Å². The molecular formula is C10H11F5Si. The molecule has 0 N–H and O–H groups in total. The molecule has 0 atom stereocenters. The molecular weight excluding hydrogens is 243 g/mol. The summed E-state index contributed by atoms with van der Waals surface area (Å²) in [7, 11) is -3.58. The van der Waals surface area contributed by atoms with Crippen molar-refractivity contribution in [1.82, 2.24) is 0 Å². The molecule has 0 radical (unpaired) electrons. The maximum absolute atomic E-state index is 12.3. The van der Waals surface area contributed by atoms with Gasteiger partial charge >= 0.3 is 15.6 Å². The normalized spacial score (nSPS) is 12.1. The third-order valence-electron chi connectivity index (χ3n) is 2.14. The van der Waals surface area contributed by atoms with Gasteiger partial charge in [-0.1, -0.05) is 18.2 Å². The monoisotopic (exact) mass is 254 g/mol. The Morgan fingerprint density at radius 1 is 1.12 bits per heavy atom. The van der Waals surface area contributed by atoms with Crippen LogP contribution in [0.15, 0.2) is 24.3 Å². The Labute approximate surface area is 92.0 Å². The molecule has 0 aliphatic heterocycles. The number of benzene rings is 1. The van der Waals surface area contributed by atoms with Crippen LogP contribution in [0.5, 0.6) is 0 Å². The molecule has 1 aromatic carbocycles. The molecule has 0 aliphatic carbocycles. The van der Waals surface area contributed by atoms with Gasteiger partial charge < -0.3 is 0 Å². The summed E-state index contributed by atoms with van der Waals surface area (Å²) in [5.74, 6) is 0. The van der Waals surface area contributed by atoms with Crippen LogP contribution >= 0.6 is 0 Å². The summed E-state index contributed by atoms with van der Waals surface area (Å²) in [4.78, 5) is 0. The predicted molar refractivity (Wildman–Crippen MR) is 53.9 cm³/mol. The number of alkyl halides is 3. The van der Waals surface area contributed by atoms with E-state index < -0.39 is 21.2 Å².